The zero-order valence-corrected chi connectivity index (χ0v) is 13.4. The molecule has 0 aliphatic rings. The Morgan fingerprint density at radius 3 is 2.30 bits per heavy atom. The van der Waals surface area contributed by atoms with Crippen LogP contribution in [0.1, 0.15) is 47.4 Å². The lowest BCUT2D eigenvalue weighted by molar-refractivity contribution is 0.0755. The quantitative estimate of drug-likeness (QED) is 0.850. The summed E-state index contributed by atoms with van der Waals surface area (Å²) in [4.78, 5) is 30.1. The summed E-state index contributed by atoms with van der Waals surface area (Å²) in [5.74, 6) is -0.366. The highest BCUT2D eigenvalue weighted by atomic mass is 16.3. The first kappa shape index (κ1) is 16.7. The van der Waals surface area contributed by atoms with Gasteiger partial charge in [0.15, 0.2) is 0 Å². The molecule has 0 aliphatic carbocycles. The molecule has 6 nitrogen and oxygen atoms in total. The zero-order valence-electron chi connectivity index (χ0n) is 13.4. The predicted octanol–water partition coefficient (Wildman–Crippen LogP) is 2.70. The summed E-state index contributed by atoms with van der Waals surface area (Å²) in [6.45, 7) is 5.38. The molecule has 0 radical (unpaired) electrons. The van der Waals surface area contributed by atoms with E-state index in [1.807, 2.05) is 13.8 Å². The molecule has 122 valence electrons. The number of amides is 2. The average Bonchev–Trinajstić information content (AvgIpc) is 3.08. The molecule has 0 spiro atoms. The number of aromatic nitrogens is 1. The van der Waals surface area contributed by atoms with Gasteiger partial charge in [-0.1, -0.05) is 13.8 Å². The van der Waals surface area contributed by atoms with Crippen molar-refractivity contribution in [3.05, 3.63) is 41.8 Å². The maximum atomic E-state index is 12.7. The molecule has 1 heterocycles. The number of carbonyl (C=O) groups is 2. The SMILES string of the molecule is CCCN(CCC)C(=O)c1cc(C(N)=O)cc(-c2ncco2)c1. The van der Waals surface area contributed by atoms with Gasteiger partial charge >= 0.3 is 0 Å². The van der Waals surface area contributed by atoms with Crippen molar-refractivity contribution >= 4 is 11.8 Å². The fourth-order valence-electron chi connectivity index (χ4n) is 2.42. The van der Waals surface area contributed by atoms with E-state index >= 15 is 0 Å². The van der Waals surface area contributed by atoms with Crippen LogP contribution in [0.5, 0.6) is 0 Å². The van der Waals surface area contributed by atoms with Gasteiger partial charge in [0, 0.05) is 29.8 Å². The Labute approximate surface area is 135 Å². The summed E-state index contributed by atoms with van der Waals surface area (Å²) < 4.78 is 5.26. The molecule has 0 unspecified atom stereocenters. The van der Waals surface area contributed by atoms with Crippen LogP contribution in [0.15, 0.2) is 35.1 Å². The molecule has 0 saturated carbocycles. The summed E-state index contributed by atoms with van der Waals surface area (Å²) in [5.41, 5.74) is 6.62. The monoisotopic (exact) mass is 315 g/mol. The summed E-state index contributed by atoms with van der Waals surface area (Å²) in [6, 6.07) is 4.78. The highest BCUT2D eigenvalue weighted by molar-refractivity contribution is 6.00. The van der Waals surface area contributed by atoms with Crippen molar-refractivity contribution in [1.29, 1.82) is 0 Å². The molecule has 2 aromatic rings. The molecular formula is C17H21N3O3. The van der Waals surface area contributed by atoms with Gasteiger partial charge in [-0.25, -0.2) is 4.98 Å². The predicted molar refractivity (Wildman–Crippen MR) is 86.9 cm³/mol. The van der Waals surface area contributed by atoms with Crippen molar-refractivity contribution in [3.63, 3.8) is 0 Å². The Balaban J connectivity index is 2.44. The third-order valence-corrected chi connectivity index (χ3v) is 3.42. The van der Waals surface area contributed by atoms with Gasteiger partial charge in [0.2, 0.25) is 11.8 Å². The van der Waals surface area contributed by atoms with Crippen molar-refractivity contribution < 1.29 is 14.0 Å². The highest BCUT2D eigenvalue weighted by Gasteiger charge is 2.18. The second kappa shape index (κ2) is 7.58. The Morgan fingerprint density at radius 2 is 1.78 bits per heavy atom. The van der Waals surface area contributed by atoms with Gasteiger partial charge in [0.05, 0.1) is 6.20 Å². The average molecular weight is 315 g/mol. The van der Waals surface area contributed by atoms with E-state index in [1.165, 1.54) is 18.5 Å². The minimum Gasteiger partial charge on any atom is -0.445 e. The highest BCUT2D eigenvalue weighted by Crippen LogP contribution is 2.22. The number of benzene rings is 1. The van der Waals surface area contributed by atoms with Crippen LogP contribution in [0.2, 0.25) is 0 Å². The van der Waals surface area contributed by atoms with Crippen LogP contribution in [-0.4, -0.2) is 34.8 Å². The van der Waals surface area contributed by atoms with Crippen LogP contribution in [0.4, 0.5) is 0 Å². The van der Waals surface area contributed by atoms with Crippen LogP contribution in [0, 0.1) is 0 Å². The van der Waals surface area contributed by atoms with E-state index in [9.17, 15) is 9.59 Å². The molecule has 1 aromatic heterocycles. The summed E-state index contributed by atoms with van der Waals surface area (Å²) in [7, 11) is 0. The largest absolute Gasteiger partial charge is 0.445 e. The number of nitrogens with zero attached hydrogens (tertiary/aromatic N) is 2. The molecule has 0 aliphatic heterocycles. The molecule has 1 aromatic carbocycles. The molecule has 0 atom stereocenters. The Kier molecular flexibility index (Phi) is 5.51. The fourth-order valence-corrected chi connectivity index (χ4v) is 2.42. The van der Waals surface area contributed by atoms with Crippen LogP contribution < -0.4 is 5.73 Å². The van der Waals surface area contributed by atoms with E-state index in [0.717, 1.165) is 12.8 Å². The van der Waals surface area contributed by atoms with Crippen molar-refractivity contribution in [1.82, 2.24) is 9.88 Å². The lowest BCUT2D eigenvalue weighted by atomic mass is 10.0. The number of primary amides is 1. The van der Waals surface area contributed by atoms with Gasteiger partial charge in [0.25, 0.3) is 5.91 Å². The van der Waals surface area contributed by atoms with Gasteiger partial charge < -0.3 is 15.1 Å². The number of hydrogen-bond donors (Lipinski definition) is 1. The summed E-state index contributed by atoms with van der Waals surface area (Å²) in [6.07, 6.45) is 4.68. The third kappa shape index (κ3) is 3.97. The molecule has 0 bridgehead atoms. The molecule has 2 amide bonds. The minimum absolute atomic E-state index is 0.121. The lowest BCUT2D eigenvalue weighted by Gasteiger charge is -2.22. The van der Waals surface area contributed by atoms with E-state index in [-0.39, 0.29) is 11.5 Å². The standard InChI is InChI=1S/C17H21N3O3/c1-3-6-20(7-4-2)17(22)14-10-12(15(18)21)9-13(11-14)16-19-5-8-23-16/h5,8-11H,3-4,6-7H2,1-2H3,(H2,18,21). The van der Waals surface area contributed by atoms with Crippen LogP contribution in [0.3, 0.4) is 0 Å². The van der Waals surface area contributed by atoms with Crippen LogP contribution in [-0.2, 0) is 0 Å². The Bertz CT molecular complexity index is 674. The van der Waals surface area contributed by atoms with E-state index in [1.54, 1.807) is 17.0 Å². The third-order valence-electron chi connectivity index (χ3n) is 3.42. The minimum atomic E-state index is -0.593. The number of oxazole rings is 1. The maximum absolute atomic E-state index is 12.7. The normalized spacial score (nSPS) is 10.5. The van der Waals surface area contributed by atoms with Gasteiger partial charge in [-0.3, -0.25) is 9.59 Å². The van der Waals surface area contributed by atoms with E-state index in [0.29, 0.717) is 30.1 Å². The van der Waals surface area contributed by atoms with Gasteiger partial charge in [-0.2, -0.15) is 0 Å². The zero-order chi connectivity index (χ0) is 16.8. The summed E-state index contributed by atoms with van der Waals surface area (Å²) in [5, 5.41) is 0. The first-order valence-corrected chi connectivity index (χ1v) is 7.70. The molecule has 0 saturated heterocycles. The fraction of sp³-hybridized carbons (Fsp3) is 0.353. The lowest BCUT2D eigenvalue weighted by Crippen LogP contribution is -2.32. The topological polar surface area (TPSA) is 89.4 Å². The van der Waals surface area contributed by atoms with Gasteiger partial charge in [-0.05, 0) is 31.0 Å². The number of carbonyl (C=O) groups excluding carboxylic acids is 2. The van der Waals surface area contributed by atoms with Crippen LogP contribution in [0.25, 0.3) is 11.5 Å². The first-order valence-electron chi connectivity index (χ1n) is 7.70. The molecule has 0 fully saturated rings. The van der Waals surface area contributed by atoms with E-state index < -0.39 is 5.91 Å². The van der Waals surface area contributed by atoms with Crippen molar-refractivity contribution in [2.75, 3.05) is 13.1 Å². The smallest absolute Gasteiger partial charge is 0.253 e. The van der Waals surface area contributed by atoms with Crippen molar-refractivity contribution in [2.24, 2.45) is 5.73 Å². The first-order chi connectivity index (χ1) is 11.1. The summed E-state index contributed by atoms with van der Waals surface area (Å²) >= 11 is 0. The molecular weight excluding hydrogens is 294 g/mol. The number of nitrogens with two attached hydrogens (primary N) is 1. The Morgan fingerprint density at radius 1 is 1.13 bits per heavy atom. The second-order valence-corrected chi connectivity index (χ2v) is 5.29. The van der Waals surface area contributed by atoms with E-state index in [2.05, 4.69) is 4.98 Å². The number of rotatable bonds is 7. The van der Waals surface area contributed by atoms with E-state index in [4.69, 9.17) is 10.2 Å². The molecule has 23 heavy (non-hydrogen) atoms. The van der Waals surface area contributed by atoms with Crippen molar-refractivity contribution in [2.45, 2.75) is 26.7 Å². The Hall–Kier alpha value is -2.63. The molecule has 2 rings (SSSR count). The molecule has 2 N–H and O–H groups in total. The van der Waals surface area contributed by atoms with Gasteiger partial charge in [0.1, 0.15) is 6.26 Å². The number of hydrogen-bond acceptors (Lipinski definition) is 4. The molecule has 6 heteroatoms. The second-order valence-electron chi connectivity index (χ2n) is 5.29. The van der Waals surface area contributed by atoms with Crippen LogP contribution >= 0.6 is 0 Å². The van der Waals surface area contributed by atoms with Gasteiger partial charge in [-0.15, -0.1) is 0 Å². The maximum Gasteiger partial charge on any atom is 0.253 e. The van der Waals surface area contributed by atoms with Crippen molar-refractivity contribution in [3.8, 4) is 11.5 Å².